The average molecular weight is 774 g/mol. The van der Waals surface area contributed by atoms with Gasteiger partial charge in [0.2, 0.25) is 23.6 Å². The molecule has 8 nitrogen and oxygen atoms in total. The Morgan fingerprint density at radius 3 is 1.83 bits per heavy atom. The fourth-order valence-electron chi connectivity index (χ4n) is 7.24. The van der Waals surface area contributed by atoms with Gasteiger partial charge in [0, 0.05) is 7.14 Å². The summed E-state index contributed by atoms with van der Waals surface area (Å²) < 4.78 is 7.97. The second-order valence-electron chi connectivity index (χ2n) is 11.0. The van der Waals surface area contributed by atoms with Crippen LogP contribution in [0.15, 0.2) is 76.7 Å². The van der Waals surface area contributed by atoms with Gasteiger partial charge in [-0.15, -0.1) is 0 Å². The van der Waals surface area contributed by atoms with Crippen LogP contribution in [0.2, 0.25) is 0 Å². The zero-order valence-corrected chi connectivity index (χ0v) is 25.9. The molecule has 10 heteroatoms. The van der Waals surface area contributed by atoms with E-state index in [4.69, 9.17) is 4.42 Å². The van der Waals surface area contributed by atoms with E-state index in [9.17, 15) is 24.3 Å². The maximum Gasteiger partial charge on any atom is 0.238 e. The maximum absolute atomic E-state index is 14.0. The number of hydrogen-bond donors (Lipinski definition) is 1. The number of rotatable bonds is 4. The molecule has 1 aromatic heterocycles. The highest BCUT2D eigenvalue weighted by Crippen LogP contribution is 2.58. The molecule has 2 aliphatic carbocycles. The van der Waals surface area contributed by atoms with Gasteiger partial charge in [0.1, 0.15) is 18.1 Å². The van der Waals surface area contributed by atoms with Crippen LogP contribution in [0.4, 0.5) is 11.4 Å². The first-order valence-corrected chi connectivity index (χ1v) is 15.6. The summed E-state index contributed by atoms with van der Waals surface area (Å²) in [6.45, 7) is -0.298. The summed E-state index contributed by atoms with van der Waals surface area (Å²) in [5.41, 5.74) is 1.91. The number of hydrogen-bond acceptors (Lipinski definition) is 6. The molecule has 3 heterocycles. The first-order chi connectivity index (χ1) is 19.8. The number of aliphatic hydroxyl groups is 1. The minimum absolute atomic E-state index is 0.231. The summed E-state index contributed by atoms with van der Waals surface area (Å²) in [5.74, 6) is -3.79. The number of carbonyl (C=O) groups excluding carboxylic acids is 4. The maximum atomic E-state index is 14.0. The molecule has 3 fully saturated rings. The molecule has 0 radical (unpaired) electrons. The van der Waals surface area contributed by atoms with Crippen LogP contribution in [-0.2, 0) is 25.8 Å². The second kappa shape index (κ2) is 10.2. The summed E-state index contributed by atoms with van der Waals surface area (Å²) in [6, 6.07) is 17.9. The highest BCUT2D eigenvalue weighted by molar-refractivity contribution is 14.1. The van der Waals surface area contributed by atoms with Crippen LogP contribution in [0.1, 0.15) is 30.3 Å². The van der Waals surface area contributed by atoms with Crippen LogP contribution in [0.25, 0.3) is 0 Å². The number of fused-ring (bicyclic) bond motifs is 4. The quantitative estimate of drug-likeness (QED) is 0.227. The Bertz CT molecular complexity index is 1630. The number of anilines is 2. The van der Waals surface area contributed by atoms with Crippen molar-refractivity contribution in [3.05, 3.63) is 91.0 Å². The lowest BCUT2D eigenvalue weighted by Gasteiger charge is -2.43. The summed E-state index contributed by atoms with van der Waals surface area (Å²) in [4.78, 5) is 58.2. The van der Waals surface area contributed by atoms with E-state index in [2.05, 4.69) is 45.2 Å². The van der Waals surface area contributed by atoms with Crippen LogP contribution in [0.3, 0.4) is 0 Å². The molecule has 41 heavy (non-hydrogen) atoms. The molecule has 0 spiro atoms. The van der Waals surface area contributed by atoms with Gasteiger partial charge in [0.05, 0.1) is 41.0 Å². The third-order valence-corrected chi connectivity index (χ3v) is 10.4. The van der Waals surface area contributed by atoms with Gasteiger partial charge in [0.25, 0.3) is 0 Å². The number of halogens is 2. The first-order valence-electron chi connectivity index (χ1n) is 13.4. The molecular weight excluding hydrogens is 750 g/mol. The summed E-state index contributed by atoms with van der Waals surface area (Å²) >= 11 is 4.35. The van der Waals surface area contributed by atoms with Gasteiger partial charge in [-0.05, 0) is 125 Å². The standard InChI is InChI=1S/C31H24I2N2O6/c32-15-1-5-17(6-2-15)34-28(37)21-11-10-20-22(25(21)30(34)39)13-23-27(26(20)24-12-9-19(14-36)41-24)31(40)35(29(23)38)18-7-3-16(33)4-8-18/h1-10,12,21-23,25-27,36H,11,13-14H2. The smallest absolute Gasteiger partial charge is 0.238 e. The van der Waals surface area contributed by atoms with Crippen molar-refractivity contribution in [2.45, 2.75) is 25.4 Å². The van der Waals surface area contributed by atoms with E-state index in [1.807, 2.05) is 30.3 Å². The van der Waals surface area contributed by atoms with Gasteiger partial charge >= 0.3 is 0 Å². The van der Waals surface area contributed by atoms with Crippen molar-refractivity contribution in [3.8, 4) is 0 Å². The normalized spacial score (nSPS) is 29.0. The van der Waals surface area contributed by atoms with E-state index in [1.54, 1.807) is 36.4 Å². The van der Waals surface area contributed by atoms with Gasteiger partial charge in [0.15, 0.2) is 0 Å². The van der Waals surface area contributed by atoms with Crippen LogP contribution in [0, 0.1) is 36.7 Å². The second-order valence-corrected chi connectivity index (χ2v) is 13.5. The summed E-state index contributed by atoms with van der Waals surface area (Å²) in [5, 5.41) is 9.69. The van der Waals surface area contributed by atoms with Gasteiger partial charge in [-0.2, -0.15) is 0 Å². The van der Waals surface area contributed by atoms with Gasteiger partial charge in [-0.1, -0.05) is 11.6 Å². The number of amides is 4. The molecule has 4 aliphatic rings. The first kappa shape index (κ1) is 27.0. The Kier molecular flexibility index (Phi) is 6.69. The van der Waals surface area contributed by atoms with Crippen molar-refractivity contribution in [2.75, 3.05) is 9.80 Å². The van der Waals surface area contributed by atoms with E-state index in [1.165, 1.54) is 9.80 Å². The monoisotopic (exact) mass is 774 g/mol. The molecule has 3 aromatic rings. The molecule has 2 saturated heterocycles. The van der Waals surface area contributed by atoms with Crippen molar-refractivity contribution < 1.29 is 28.7 Å². The van der Waals surface area contributed by atoms with E-state index in [-0.39, 0.29) is 30.2 Å². The number of allylic oxidation sites excluding steroid dienone is 2. The van der Waals surface area contributed by atoms with E-state index >= 15 is 0 Å². The number of nitrogens with zero attached hydrogens (tertiary/aromatic N) is 2. The van der Waals surface area contributed by atoms with Crippen molar-refractivity contribution in [1.82, 2.24) is 0 Å². The highest BCUT2D eigenvalue weighted by atomic mass is 127. The lowest BCUT2D eigenvalue weighted by atomic mass is 9.58. The third-order valence-electron chi connectivity index (χ3n) is 8.96. The fraction of sp³-hybridized carbons (Fsp3) is 0.290. The Balaban J connectivity index is 1.32. The summed E-state index contributed by atoms with van der Waals surface area (Å²) in [7, 11) is 0. The average Bonchev–Trinajstić information content (AvgIpc) is 3.62. The molecule has 6 atom stereocenters. The summed E-state index contributed by atoms with van der Waals surface area (Å²) in [6.07, 6.45) is 2.65. The van der Waals surface area contributed by atoms with Crippen molar-refractivity contribution >= 4 is 80.2 Å². The third kappa shape index (κ3) is 4.15. The van der Waals surface area contributed by atoms with Gasteiger partial charge < -0.3 is 9.52 Å². The molecule has 1 saturated carbocycles. The zero-order valence-electron chi connectivity index (χ0n) is 21.6. The lowest BCUT2D eigenvalue weighted by Crippen LogP contribution is -2.43. The molecule has 208 valence electrons. The molecule has 6 unspecified atom stereocenters. The molecule has 0 bridgehead atoms. The Morgan fingerprint density at radius 1 is 0.707 bits per heavy atom. The Morgan fingerprint density at radius 2 is 1.27 bits per heavy atom. The lowest BCUT2D eigenvalue weighted by molar-refractivity contribution is -0.126. The fourth-order valence-corrected chi connectivity index (χ4v) is 7.96. The molecule has 2 aliphatic heterocycles. The number of aliphatic hydroxyl groups excluding tert-OH is 1. The number of furan rings is 1. The predicted octanol–water partition coefficient (Wildman–Crippen LogP) is 5.03. The largest absolute Gasteiger partial charge is 0.463 e. The topological polar surface area (TPSA) is 108 Å². The van der Waals surface area contributed by atoms with E-state index < -0.39 is 35.5 Å². The molecule has 2 aromatic carbocycles. The highest BCUT2D eigenvalue weighted by Gasteiger charge is 2.62. The van der Waals surface area contributed by atoms with Crippen molar-refractivity contribution in [3.63, 3.8) is 0 Å². The van der Waals surface area contributed by atoms with Gasteiger partial charge in [-0.25, -0.2) is 0 Å². The van der Waals surface area contributed by atoms with Crippen LogP contribution in [0.5, 0.6) is 0 Å². The molecule has 4 amide bonds. The number of benzene rings is 2. The van der Waals surface area contributed by atoms with Crippen molar-refractivity contribution in [1.29, 1.82) is 0 Å². The minimum Gasteiger partial charge on any atom is -0.463 e. The number of carbonyl (C=O) groups is 4. The molecule has 1 N–H and O–H groups in total. The van der Waals surface area contributed by atoms with E-state index in [0.29, 0.717) is 35.7 Å². The zero-order chi connectivity index (χ0) is 28.6. The van der Waals surface area contributed by atoms with Crippen LogP contribution in [-0.4, -0.2) is 28.7 Å². The Labute approximate surface area is 263 Å². The van der Waals surface area contributed by atoms with Gasteiger partial charge in [-0.3, -0.25) is 29.0 Å². The molecule has 7 rings (SSSR count). The number of imide groups is 2. The Hall–Kier alpha value is -2.84. The van der Waals surface area contributed by atoms with Crippen molar-refractivity contribution in [2.24, 2.45) is 29.6 Å². The molecular formula is C31H24I2N2O6. The van der Waals surface area contributed by atoms with Crippen LogP contribution >= 0.6 is 45.2 Å². The van der Waals surface area contributed by atoms with E-state index in [0.717, 1.165) is 12.7 Å². The minimum atomic E-state index is -0.710. The SMILES string of the molecule is O=C1C2CC=C3C(CC4C(=O)N(c5ccc(I)cc5)C(=O)C4C3c3ccc(CO)o3)C2C(=O)N1c1ccc(I)cc1. The van der Waals surface area contributed by atoms with Crippen LogP contribution < -0.4 is 9.80 Å². The predicted molar refractivity (Wildman–Crippen MR) is 165 cm³/mol.